The molecule has 0 aliphatic heterocycles. The van der Waals surface area contributed by atoms with Gasteiger partial charge in [-0.05, 0) is 137 Å². The topological polar surface area (TPSA) is 116 Å². The van der Waals surface area contributed by atoms with Crippen LogP contribution >= 0.6 is 0 Å². The van der Waals surface area contributed by atoms with Crippen LogP contribution in [0.4, 0.5) is 13.2 Å². The summed E-state index contributed by atoms with van der Waals surface area (Å²) in [4.78, 5) is 23.3. The Morgan fingerprint density at radius 2 is 0.794 bits per heavy atom. The average molecular weight is 1460 g/mol. The van der Waals surface area contributed by atoms with E-state index in [0.717, 1.165) is 60.8 Å². The molecule has 0 aliphatic carbocycles. The first-order chi connectivity index (χ1) is 46.0. The molecule has 0 aromatic heterocycles. The number of aliphatic hydroxyl groups excluding tert-OH is 1. The normalized spacial score (nSPS) is 11.6. The van der Waals surface area contributed by atoms with Crippen molar-refractivity contribution in [3.05, 3.63) is 251 Å². The van der Waals surface area contributed by atoms with Gasteiger partial charge in [0.05, 0.1) is 25.9 Å². The number of aliphatic hydroxyl groups is 1. The van der Waals surface area contributed by atoms with Gasteiger partial charge in [-0.15, -0.1) is 0 Å². The zero-order valence-electron chi connectivity index (χ0n) is 59.2. The van der Waals surface area contributed by atoms with Crippen molar-refractivity contribution in [1.82, 2.24) is 0 Å². The van der Waals surface area contributed by atoms with Gasteiger partial charge < -0.3 is 18.8 Å². The average Bonchev–Trinajstić information content (AvgIpc) is 0.874. The van der Waals surface area contributed by atoms with E-state index < -0.39 is 45.7 Å². The first kappa shape index (κ1) is 86.1. The summed E-state index contributed by atoms with van der Waals surface area (Å²) in [6.45, 7) is 23.8. The maximum Gasteiger partial charge on any atom is 0.534 e. The molecule has 0 atom stereocenters. The number of hydrogen-bond acceptors (Lipinski definition) is 8. The molecule has 0 saturated heterocycles. The van der Waals surface area contributed by atoms with Crippen LogP contribution in [0.2, 0.25) is 17.7 Å². The van der Waals surface area contributed by atoms with Gasteiger partial charge in [0, 0.05) is 13.9 Å². The summed E-state index contributed by atoms with van der Waals surface area (Å²) in [6, 6.07) is 55.1. The Labute approximate surface area is 588 Å². The van der Waals surface area contributed by atoms with Gasteiger partial charge >= 0.3 is 148 Å². The molecule has 530 valence electrons. The summed E-state index contributed by atoms with van der Waals surface area (Å²) in [7, 11) is -5.88. The van der Waals surface area contributed by atoms with E-state index in [-0.39, 0.29) is 40.9 Å². The van der Waals surface area contributed by atoms with E-state index in [9.17, 15) is 31.2 Å². The van der Waals surface area contributed by atoms with Crippen LogP contribution in [0.3, 0.4) is 0 Å². The second-order valence-electron chi connectivity index (χ2n) is 24.9. The molecular weight excluding hydrogens is 1340 g/mol. The minimum Gasteiger partial charge on any atom is -0.463 e. The maximum absolute atomic E-state index is 12.6. The molecule has 0 unspecified atom stereocenters. The van der Waals surface area contributed by atoms with Crippen LogP contribution in [0.5, 0.6) is 0 Å². The van der Waals surface area contributed by atoms with Crippen molar-refractivity contribution >= 4 is 40.4 Å². The molecule has 97 heavy (non-hydrogen) atoms. The van der Waals surface area contributed by atoms with E-state index in [1.807, 2.05) is 67.6 Å². The minimum atomic E-state index is -5.88. The molecule has 6 aromatic carbocycles. The summed E-state index contributed by atoms with van der Waals surface area (Å²) in [6.07, 6.45) is 25.3. The van der Waals surface area contributed by atoms with Crippen molar-refractivity contribution < 1.29 is 51.4 Å². The van der Waals surface area contributed by atoms with E-state index >= 15 is 0 Å². The Bertz CT molecular complexity index is 3440. The van der Waals surface area contributed by atoms with Crippen molar-refractivity contribution in [2.75, 3.05) is 19.8 Å². The van der Waals surface area contributed by atoms with Crippen LogP contribution < -0.4 is 0 Å². The molecule has 0 aliphatic rings. The maximum atomic E-state index is 12.6. The smallest absolute Gasteiger partial charge is 0.463 e. The predicted molar refractivity (Wildman–Crippen MR) is 407 cm³/mol. The number of benzene rings is 6. The summed E-state index contributed by atoms with van der Waals surface area (Å²) < 4.78 is 80.6. The number of carbonyl (C=O) groups is 2. The third-order valence-electron chi connectivity index (χ3n) is 16.0. The van der Waals surface area contributed by atoms with Crippen molar-refractivity contribution in [2.45, 2.75) is 197 Å². The van der Waals surface area contributed by atoms with Crippen molar-refractivity contribution in [3.63, 3.8) is 0 Å². The number of esters is 2. The summed E-state index contributed by atoms with van der Waals surface area (Å²) >= 11 is -1.82. The number of ether oxygens (including phenoxy) is 2. The number of hydrogen-bond donors (Lipinski definition) is 1. The zero-order valence-corrected chi connectivity index (χ0v) is 62.9. The fraction of sp³-hybridized carbons (Fsp3) is 0.405. The van der Waals surface area contributed by atoms with Gasteiger partial charge in [-0.1, -0.05) is 212 Å². The molecule has 0 fully saturated rings. The minimum absolute atomic E-state index is 0. The molecule has 6 aromatic rings. The number of rotatable bonds is 34. The number of carbonyl (C=O) groups excluding carboxylic acids is 2. The zero-order chi connectivity index (χ0) is 70.6. The number of allylic oxidation sites excluding steroid dienone is 9. The van der Waals surface area contributed by atoms with Crippen molar-refractivity contribution in [1.29, 1.82) is 0 Å². The summed E-state index contributed by atoms with van der Waals surface area (Å²) in [5.41, 5.74) is 11.2. The number of alkyl halides is 3. The first-order valence-electron chi connectivity index (χ1n) is 34.4. The molecule has 13 heteroatoms. The van der Waals surface area contributed by atoms with Gasteiger partial charge in [-0.3, -0.25) is 0 Å². The summed E-state index contributed by atoms with van der Waals surface area (Å²) in [5.74, 6) is -1.88. The Balaban J connectivity index is 0.000000658. The number of aryl methyl sites for hydroxylation is 3. The van der Waals surface area contributed by atoms with E-state index in [4.69, 9.17) is 9.84 Å². The molecule has 0 saturated carbocycles. The third kappa shape index (κ3) is 36.4. The molecule has 0 radical (unpaired) electrons. The Morgan fingerprint density at radius 3 is 1.12 bits per heavy atom. The molecule has 0 amide bonds. The molecule has 0 bridgehead atoms. The van der Waals surface area contributed by atoms with Crippen molar-refractivity contribution in [2.24, 2.45) is 0 Å². The molecule has 0 spiro atoms. The van der Waals surface area contributed by atoms with Crippen LogP contribution in [-0.4, -0.2) is 69.2 Å². The Kier molecular flexibility index (Phi) is 43.2. The van der Waals surface area contributed by atoms with Crippen molar-refractivity contribution in [3.8, 4) is 33.4 Å². The van der Waals surface area contributed by atoms with Gasteiger partial charge in [0.2, 0.25) is 0 Å². The molecular formula is C84H115F3O8SSn. The molecule has 0 heterocycles. The van der Waals surface area contributed by atoms with E-state index in [2.05, 4.69) is 187 Å². The van der Waals surface area contributed by atoms with Gasteiger partial charge in [-0.2, -0.15) is 21.6 Å². The summed E-state index contributed by atoms with van der Waals surface area (Å²) in [5, 5.41) is 9.16. The van der Waals surface area contributed by atoms with E-state index in [1.165, 1.54) is 100.0 Å². The van der Waals surface area contributed by atoms with Crippen LogP contribution in [0.15, 0.2) is 234 Å². The second kappa shape index (κ2) is 48.7. The molecule has 1 N–H and O–H groups in total. The van der Waals surface area contributed by atoms with Gasteiger partial charge in [-0.25, -0.2) is 9.59 Å². The second-order valence-corrected chi connectivity index (χ2v) is 40.4. The van der Waals surface area contributed by atoms with E-state index in [0.29, 0.717) is 12.7 Å². The Morgan fingerprint density at radius 1 is 0.464 bits per heavy atom. The van der Waals surface area contributed by atoms with Gasteiger partial charge in [0.1, 0.15) is 5.76 Å². The fourth-order valence-corrected chi connectivity index (χ4v) is 26.7. The number of halogens is 3. The first-order valence-corrected chi connectivity index (χ1v) is 43.8. The Hall–Kier alpha value is -7.00. The SMILES string of the molecule is C.CC(C)=CC/C(=C\CO)CCc1ccc(-c2ccccc2)cc1.CCC[CH2][Sn]([CH2]C=C(C)C)([CH2]CCC)[CH2]CCC.CCOC(=O)/C=C(/CCc1ccc(-c2ccccc2)cc1)OS(=O)(=O)C(F)(F)F.CCOC(=O)/C=C(\CC=C(C)C)CCc1ccc(-c2ccccc2)cc1.[HH]. The third-order valence-corrected chi connectivity index (χ3v) is 32.2. The molecule has 6 rings (SSSR count). The van der Waals surface area contributed by atoms with Gasteiger partial charge in [0.15, 0.2) is 0 Å². The van der Waals surface area contributed by atoms with E-state index in [1.54, 1.807) is 37.1 Å². The number of unbranched alkanes of at least 4 members (excludes halogenated alkanes) is 3. The largest absolute Gasteiger partial charge is 0.534 e. The van der Waals surface area contributed by atoms with Crippen LogP contribution in [0, 0.1) is 0 Å². The quantitative estimate of drug-likeness (QED) is 0.00808. The molecule has 8 nitrogen and oxygen atoms in total. The fourth-order valence-electron chi connectivity index (χ4n) is 10.4. The van der Waals surface area contributed by atoms with Crippen LogP contribution in [0.1, 0.15) is 172 Å². The monoisotopic (exact) mass is 1460 g/mol. The van der Waals surface area contributed by atoms with Crippen LogP contribution in [-0.2, 0) is 52.6 Å². The van der Waals surface area contributed by atoms with Crippen LogP contribution in [0.25, 0.3) is 33.4 Å². The standard InChI is InChI=1S/C24H28O2.C22H26O.C20H19F3O5S.C5H9.3C4H9.CH4.Sn.H2/c1-4-26-24(25)18-21(11-10-19(2)3)13-12-20-14-16-23(17-15-20)22-8-6-5-7-9-22;1-18(2)8-9-20(16-17-23)11-10-19-12-14-22(15-13-19)21-6-4-3-5-7-21;1-2-27-19(24)14-18(28-29(25,26)20(21,22)23)13-10-15-8-11-17(12-9-15)16-6-4-3-5-7-16;1-4-5(2)3;3*1-3-4-2;;;/h5-10,14-18H,4,11-13H2,1-3H3;3-8,12-16,23H,9-11,17H2,1-2H3;3-9,11-12,14H,2,10,13H2,1H3;4H,1H2,2-3H3;3*1,3-4H2,2H3;1H4;;1H/b21-18+;20-16+;18-14-;;;;;;;. The predicted octanol–water partition coefficient (Wildman–Crippen LogP) is 24.0. The van der Waals surface area contributed by atoms with Gasteiger partial charge in [0.25, 0.3) is 0 Å².